The van der Waals surface area contributed by atoms with Crippen LogP contribution in [0.3, 0.4) is 0 Å². The average Bonchev–Trinajstić information content (AvgIpc) is 2.86. The van der Waals surface area contributed by atoms with Gasteiger partial charge in [0.2, 0.25) is 5.91 Å². The molecule has 2 rings (SSSR count). The van der Waals surface area contributed by atoms with Crippen molar-refractivity contribution < 1.29 is 4.79 Å². The van der Waals surface area contributed by atoms with Gasteiger partial charge in [0.05, 0.1) is 6.54 Å². The molecule has 0 saturated carbocycles. The van der Waals surface area contributed by atoms with Crippen LogP contribution in [0.1, 0.15) is 32.0 Å². The normalized spacial score (nSPS) is 17.4. The second-order valence-corrected chi connectivity index (χ2v) is 5.60. The molecule has 0 radical (unpaired) electrons. The fourth-order valence-electron chi connectivity index (χ4n) is 2.63. The molecule has 112 valence electrons. The summed E-state index contributed by atoms with van der Waals surface area (Å²) in [5.74, 6) is 1.34. The molecular weight excluding hydrogens is 256 g/mol. The van der Waals surface area contributed by atoms with E-state index in [2.05, 4.69) is 27.3 Å². The van der Waals surface area contributed by atoms with Crippen molar-refractivity contribution in [3.63, 3.8) is 0 Å². The third kappa shape index (κ3) is 3.53. The maximum absolute atomic E-state index is 11.9. The molecule has 1 aromatic rings. The molecule has 0 spiro atoms. The molecule has 2 heterocycles. The van der Waals surface area contributed by atoms with Crippen LogP contribution in [0.15, 0.2) is 0 Å². The fraction of sp³-hybridized carbons (Fsp3) is 0.846. The van der Waals surface area contributed by atoms with E-state index in [1.165, 1.54) is 0 Å². The lowest BCUT2D eigenvalue weighted by Crippen LogP contribution is -2.40. The molecule has 1 amide bonds. The predicted molar refractivity (Wildman–Crippen MR) is 74.8 cm³/mol. The summed E-state index contributed by atoms with van der Waals surface area (Å²) in [7, 11) is 3.65. The Morgan fingerprint density at radius 3 is 2.65 bits per heavy atom. The fourth-order valence-corrected chi connectivity index (χ4v) is 2.63. The summed E-state index contributed by atoms with van der Waals surface area (Å²) in [4.78, 5) is 16.0. The maximum Gasteiger partial charge on any atom is 0.225 e. The lowest BCUT2D eigenvalue weighted by Gasteiger charge is -2.31. The number of hydrogen-bond acceptors (Lipinski definition) is 5. The molecule has 1 saturated heterocycles. The zero-order valence-corrected chi connectivity index (χ0v) is 12.6. The van der Waals surface area contributed by atoms with Crippen LogP contribution in [0.25, 0.3) is 0 Å². The smallest absolute Gasteiger partial charge is 0.225 e. The van der Waals surface area contributed by atoms with Crippen molar-refractivity contribution in [1.29, 1.82) is 0 Å². The largest absolute Gasteiger partial charge is 0.349 e. The van der Waals surface area contributed by atoms with Crippen LogP contribution in [-0.4, -0.2) is 63.1 Å². The first-order valence-electron chi connectivity index (χ1n) is 7.30. The van der Waals surface area contributed by atoms with E-state index >= 15 is 0 Å². The highest BCUT2D eigenvalue weighted by Gasteiger charge is 2.26. The van der Waals surface area contributed by atoms with E-state index in [-0.39, 0.29) is 11.8 Å². The first-order valence-corrected chi connectivity index (χ1v) is 7.30. The number of tetrazole rings is 1. The lowest BCUT2D eigenvalue weighted by molar-refractivity contribution is -0.134. The summed E-state index contributed by atoms with van der Waals surface area (Å²) >= 11 is 0. The minimum absolute atomic E-state index is 0.174. The van der Waals surface area contributed by atoms with Gasteiger partial charge >= 0.3 is 0 Å². The Kier molecular flexibility index (Phi) is 5.05. The van der Waals surface area contributed by atoms with Crippen molar-refractivity contribution in [2.24, 2.45) is 5.92 Å². The number of aryl methyl sites for hydroxylation is 1. The molecule has 20 heavy (non-hydrogen) atoms. The molecule has 0 aliphatic carbocycles. The summed E-state index contributed by atoms with van der Waals surface area (Å²) < 4.78 is 1.87. The first-order chi connectivity index (χ1) is 9.61. The molecule has 0 N–H and O–H groups in total. The van der Waals surface area contributed by atoms with Gasteiger partial charge in [-0.05, 0) is 42.8 Å². The van der Waals surface area contributed by atoms with Gasteiger partial charge in [-0.1, -0.05) is 6.92 Å². The third-order valence-electron chi connectivity index (χ3n) is 3.78. The SMILES string of the molecule is CCCn1nnnc1CN1CCC(C(=O)N(C)C)CC1. The summed E-state index contributed by atoms with van der Waals surface area (Å²) in [6.45, 7) is 5.62. The number of piperidine rings is 1. The zero-order chi connectivity index (χ0) is 14.5. The third-order valence-corrected chi connectivity index (χ3v) is 3.78. The van der Waals surface area contributed by atoms with E-state index in [1.807, 2.05) is 18.8 Å². The molecule has 0 unspecified atom stereocenters. The highest BCUT2D eigenvalue weighted by molar-refractivity contribution is 5.78. The number of rotatable bonds is 5. The Hall–Kier alpha value is -1.50. The highest BCUT2D eigenvalue weighted by Crippen LogP contribution is 2.19. The molecule has 0 atom stereocenters. The zero-order valence-electron chi connectivity index (χ0n) is 12.6. The summed E-state index contributed by atoms with van der Waals surface area (Å²) in [5.41, 5.74) is 0. The average molecular weight is 280 g/mol. The number of carbonyl (C=O) groups excluding carboxylic acids is 1. The number of nitrogens with zero attached hydrogens (tertiary/aromatic N) is 6. The van der Waals surface area contributed by atoms with E-state index < -0.39 is 0 Å². The highest BCUT2D eigenvalue weighted by atomic mass is 16.2. The van der Waals surface area contributed by atoms with Crippen molar-refractivity contribution in [3.05, 3.63) is 5.82 Å². The van der Waals surface area contributed by atoms with Crippen molar-refractivity contribution in [1.82, 2.24) is 30.0 Å². The minimum atomic E-state index is 0.174. The Labute approximate surface area is 119 Å². The van der Waals surface area contributed by atoms with Gasteiger partial charge in [0, 0.05) is 26.6 Å². The van der Waals surface area contributed by atoms with Gasteiger partial charge in [0.1, 0.15) is 0 Å². The maximum atomic E-state index is 11.9. The molecular formula is C13H24N6O. The van der Waals surface area contributed by atoms with Gasteiger partial charge < -0.3 is 4.90 Å². The van der Waals surface area contributed by atoms with Crippen molar-refractivity contribution >= 4 is 5.91 Å². The van der Waals surface area contributed by atoms with Crippen LogP contribution in [0, 0.1) is 5.92 Å². The Morgan fingerprint density at radius 2 is 2.05 bits per heavy atom. The van der Waals surface area contributed by atoms with E-state index in [0.717, 1.165) is 51.3 Å². The van der Waals surface area contributed by atoms with Crippen LogP contribution >= 0.6 is 0 Å². The van der Waals surface area contributed by atoms with Gasteiger partial charge in [-0.15, -0.1) is 5.10 Å². The van der Waals surface area contributed by atoms with Crippen LogP contribution in [0.4, 0.5) is 0 Å². The lowest BCUT2D eigenvalue weighted by atomic mass is 9.95. The number of carbonyl (C=O) groups is 1. The van der Waals surface area contributed by atoms with E-state index in [0.29, 0.717) is 0 Å². The molecule has 0 bridgehead atoms. The van der Waals surface area contributed by atoms with Crippen molar-refractivity contribution in [3.8, 4) is 0 Å². The van der Waals surface area contributed by atoms with E-state index in [9.17, 15) is 4.79 Å². The van der Waals surface area contributed by atoms with Gasteiger partial charge in [-0.2, -0.15) is 0 Å². The van der Waals surface area contributed by atoms with Crippen LogP contribution in [-0.2, 0) is 17.9 Å². The molecule has 0 aromatic carbocycles. The molecule has 1 aliphatic rings. The second-order valence-electron chi connectivity index (χ2n) is 5.60. The Bertz CT molecular complexity index is 436. The van der Waals surface area contributed by atoms with Gasteiger partial charge in [-0.3, -0.25) is 9.69 Å². The monoisotopic (exact) mass is 280 g/mol. The van der Waals surface area contributed by atoms with Gasteiger partial charge in [-0.25, -0.2) is 4.68 Å². The second kappa shape index (κ2) is 6.78. The van der Waals surface area contributed by atoms with E-state index in [4.69, 9.17) is 0 Å². The Morgan fingerprint density at radius 1 is 1.35 bits per heavy atom. The molecule has 1 aromatic heterocycles. The van der Waals surface area contributed by atoms with Gasteiger partial charge in [0.15, 0.2) is 5.82 Å². The van der Waals surface area contributed by atoms with Crippen molar-refractivity contribution in [2.45, 2.75) is 39.3 Å². The van der Waals surface area contributed by atoms with Crippen LogP contribution in [0.5, 0.6) is 0 Å². The molecule has 1 fully saturated rings. The Balaban J connectivity index is 1.85. The number of likely N-dealkylation sites (tertiary alicyclic amines) is 1. The molecule has 7 heteroatoms. The minimum Gasteiger partial charge on any atom is -0.349 e. The summed E-state index contributed by atoms with van der Waals surface area (Å²) in [5, 5.41) is 11.9. The van der Waals surface area contributed by atoms with Crippen LogP contribution < -0.4 is 0 Å². The molecule has 7 nitrogen and oxygen atoms in total. The quantitative estimate of drug-likeness (QED) is 0.780. The van der Waals surface area contributed by atoms with Gasteiger partial charge in [0.25, 0.3) is 0 Å². The predicted octanol–water partition coefficient (Wildman–Crippen LogP) is 0.383. The number of hydrogen-bond donors (Lipinski definition) is 0. The standard InChI is InChI=1S/C13H24N6O/c1-4-7-19-12(14-15-16-19)10-18-8-5-11(6-9-18)13(20)17(2)3/h11H,4-10H2,1-3H3. The summed E-state index contributed by atoms with van der Waals surface area (Å²) in [6, 6.07) is 0. The topological polar surface area (TPSA) is 67.2 Å². The number of amides is 1. The molecule has 1 aliphatic heterocycles. The van der Waals surface area contributed by atoms with Crippen molar-refractivity contribution in [2.75, 3.05) is 27.2 Å². The van der Waals surface area contributed by atoms with Crippen LogP contribution in [0.2, 0.25) is 0 Å². The first kappa shape index (κ1) is 14.9. The number of aromatic nitrogens is 4. The summed E-state index contributed by atoms with van der Waals surface area (Å²) in [6.07, 6.45) is 2.87. The van der Waals surface area contributed by atoms with E-state index in [1.54, 1.807) is 4.90 Å².